The van der Waals surface area contributed by atoms with Gasteiger partial charge in [0.2, 0.25) is 59.1 Å². The van der Waals surface area contributed by atoms with E-state index in [0.717, 1.165) is 0 Å². The molecular formula is C30H49N13O10. The van der Waals surface area contributed by atoms with Crippen molar-refractivity contribution in [3.63, 3.8) is 0 Å². The van der Waals surface area contributed by atoms with Crippen LogP contribution in [0.4, 0.5) is 0 Å². The summed E-state index contributed by atoms with van der Waals surface area (Å²) in [5.41, 5.74) is 26.8. The number of imidazole rings is 1. The van der Waals surface area contributed by atoms with Crippen LogP contribution < -0.4 is 60.6 Å². The maximum atomic E-state index is 13.3. The number of aromatic amines is 1. The lowest BCUT2D eigenvalue weighted by Gasteiger charge is -2.27. The van der Waals surface area contributed by atoms with Crippen LogP contribution >= 0.6 is 0 Å². The van der Waals surface area contributed by atoms with E-state index in [0.29, 0.717) is 5.69 Å². The van der Waals surface area contributed by atoms with Crippen molar-refractivity contribution >= 4 is 59.1 Å². The molecule has 1 aromatic heterocycles. The van der Waals surface area contributed by atoms with Crippen molar-refractivity contribution in [1.82, 2.24) is 41.9 Å². The van der Waals surface area contributed by atoms with Crippen LogP contribution in [0.1, 0.15) is 59.1 Å². The Morgan fingerprint density at radius 3 is 1.66 bits per heavy atom. The summed E-state index contributed by atoms with van der Waals surface area (Å²) in [6, 6.07) is -9.64. The highest BCUT2D eigenvalue weighted by Gasteiger charge is 2.34. The van der Waals surface area contributed by atoms with E-state index in [2.05, 4.69) is 41.9 Å². The molecule has 0 saturated carbocycles. The fourth-order valence-electron chi connectivity index (χ4n) is 4.49. The summed E-state index contributed by atoms with van der Waals surface area (Å²) < 4.78 is 0. The smallest absolute Gasteiger partial charge is 0.243 e. The normalized spacial score (nSPS) is 14.8. The number of hydrogen-bond acceptors (Lipinski definition) is 12. The quantitative estimate of drug-likeness (QED) is 0.0497. The van der Waals surface area contributed by atoms with E-state index in [9.17, 15) is 47.9 Å². The Labute approximate surface area is 303 Å². The SMILES string of the molecule is CC(C)[C@H](NC(=O)[C@H](CCC(N)=O)NC(=O)[C@@H](N)CC(N)=O)C(=O)N[C@@H](C)C(=O)N[C@@H](CC(N)=O)C(=O)N[C@@H](Cc1cnc[nH]1)C(=O)N[C@@H](C)C(N)=O. The van der Waals surface area contributed by atoms with Gasteiger partial charge >= 0.3 is 0 Å². The highest BCUT2D eigenvalue weighted by molar-refractivity contribution is 5.98. The number of hydrogen-bond donors (Lipinski definition) is 12. The second-order valence-corrected chi connectivity index (χ2v) is 12.5. The van der Waals surface area contributed by atoms with Crippen molar-refractivity contribution in [2.45, 2.75) is 102 Å². The van der Waals surface area contributed by atoms with Crippen LogP contribution in [0.15, 0.2) is 12.5 Å². The molecule has 23 nitrogen and oxygen atoms in total. The molecule has 0 aliphatic heterocycles. The number of carbonyl (C=O) groups is 10. The largest absolute Gasteiger partial charge is 0.370 e. The molecule has 0 bridgehead atoms. The molecule has 23 heteroatoms. The average molecular weight is 752 g/mol. The number of H-pyrrole nitrogens is 1. The maximum Gasteiger partial charge on any atom is 0.243 e. The van der Waals surface area contributed by atoms with Crippen LogP contribution in [0.25, 0.3) is 0 Å². The van der Waals surface area contributed by atoms with E-state index in [1.807, 2.05) is 0 Å². The zero-order chi connectivity index (χ0) is 40.6. The van der Waals surface area contributed by atoms with Crippen LogP contribution in [0.3, 0.4) is 0 Å². The molecule has 294 valence electrons. The molecule has 1 rings (SSSR count). The van der Waals surface area contributed by atoms with Gasteiger partial charge in [0, 0.05) is 24.7 Å². The van der Waals surface area contributed by atoms with Crippen LogP contribution in [-0.4, -0.2) is 111 Å². The summed E-state index contributed by atoms with van der Waals surface area (Å²) >= 11 is 0. The molecule has 0 radical (unpaired) electrons. The fraction of sp³-hybridized carbons (Fsp3) is 0.567. The molecule has 0 saturated heterocycles. The molecule has 0 aliphatic carbocycles. The van der Waals surface area contributed by atoms with Crippen LogP contribution in [0.2, 0.25) is 0 Å². The number of primary amides is 4. The Hall–Kier alpha value is -6.13. The Bertz CT molecular complexity index is 1520. The van der Waals surface area contributed by atoms with Crippen LogP contribution in [0, 0.1) is 5.92 Å². The standard InChI is InChI=1S/C30H49N13O10/c1-12(2)23(43-27(50)17(5-6-20(32)44)40-26(49)16(31)8-21(33)45)30(53)39-14(4)25(48)41-19(9-22(34)46)29(52)42-18(7-15-10-36-11-37-15)28(51)38-13(3)24(35)47/h10-14,16-19,23H,5-9,31H2,1-4H3,(H2,32,44)(H2,33,45)(H2,34,46)(H2,35,47)(H,36,37)(H,38,51)(H,39,53)(H,40,49)(H,41,48)(H,42,52)(H,43,50)/t13-,14-,16-,17-,18-,19-,23-/m0/s1. The molecule has 0 fully saturated rings. The number of nitrogens with one attached hydrogen (secondary N) is 7. The first-order valence-corrected chi connectivity index (χ1v) is 16.3. The molecule has 10 amide bonds. The highest BCUT2D eigenvalue weighted by Crippen LogP contribution is 2.07. The summed E-state index contributed by atoms with van der Waals surface area (Å²) in [7, 11) is 0. The van der Waals surface area contributed by atoms with Crippen molar-refractivity contribution in [2.24, 2.45) is 34.6 Å². The Morgan fingerprint density at radius 1 is 0.623 bits per heavy atom. The molecule has 7 atom stereocenters. The van der Waals surface area contributed by atoms with Gasteiger partial charge < -0.3 is 65.6 Å². The first kappa shape index (κ1) is 44.9. The zero-order valence-electron chi connectivity index (χ0n) is 29.7. The molecule has 0 aliphatic rings. The second-order valence-electron chi connectivity index (χ2n) is 12.5. The molecule has 0 unspecified atom stereocenters. The molecule has 17 N–H and O–H groups in total. The monoisotopic (exact) mass is 751 g/mol. The third kappa shape index (κ3) is 16.2. The maximum absolute atomic E-state index is 13.3. The number of nitrogens with zero attached hydrogens (tertiary/aromatic N) is 1. The molecule has 1 aromatic rings. The van der Waals surface area contributed by atoms with Gasteiger partial charge in [0.15, 0.2) is 0 Å². The molecular weight excluding hydrogens is 702 g/mol. The van der Waals surface area contributed by atoms with Gasteiger partial charge in [0.1, 0.15) is 36.3 Å². The number of amides is 10. The second kappa shape index (κ2) is 21.3. The first-order valence-electron chi connectivity index (χ1n) is 16.3. The van der Waals surface area contributed by atoms with E-state index in [1.54, 1.807) is 13.8 Å². The van der Waals surface area contributed by atoms with Crippen LogP contribution in [-0.2, 0) is 54.4 Å². The molecule has 0 spiro atoms. The van der Waals surface area contributed by atoms with Crippen molar-refractivity contribution in [1.29, 1.82) is 0 Å². The zero-order valence-corrected chi connectivity index (χ0v) is 29.7. The minimum Gasteiger partial charge on any atom is -0.370 e. The predicted octanol–water partition coefficient (Wildman–Crippen LogP) is -6.61. The summed E-state index contributed by atoms with van der Waals surface area (Å²) in [5, 5.41) is 14.2. The van der Waals surface area contributed by atoms with Crippen molar-refractivity contribution in [3.05, 3.63) is 18.2 Å². The average Bonchev–Trinajstić information content (AvgIpc) is 3.56. The lowest BCUT2D eigenvalue weighted by Crippen LogP contribution is -2.60. The van der Waals surface area contributed by atoms with Gasteiger partial charge in [-0.2, -0.15) is 0 Å². The van der Waals surface area contributed by atoms with Gasteiger partial charge in [-0.25, -0.2) is 4.98 Å². The highest BCUT2D eigenvalue weighted by atomic mass is 16.2. The Morgan fingerprint density at radius 2 is 1.15 bits per heavy atom. The summed E-state index contributed by atoms with van der Waals surface area (Å²) in [5.74, 6) is -9.69. The van der Waals surface area contributed by atoms with Gasteiger partial charge in [-0.15, -0.1) is 0 Å². The third-order valence-corrected chi connectivity index (χ3v) is 7.50. The van der Waals surface area contributed by atoms with E-state index in [1.165, 1.54) is 26.4 Å². The van der Waals surface area contributed by atoms with E-state index < -0.39 is 120 Å². The van der Waals surface area contributed by atoms with Crippen molar-refractivity contribution < 1.29 is 47.9 Å². The van der Waals surface area contributed by atoms with Gasteiger partial charge in [-0.3, -0.25) is 47.9 Å². The topological polar surface area (TPSA) is 402 Å². The van der Waals surface area contributed by atoms with E-state index >= 15 is 0 Å². The van der Waals surface area contributed by atoms with Crippen molar-refractivity contribution in [2.75, 3.05) is 0 Å². The third-order valence-electron chi connectivity index (χ3n) is 7.50. The number of aromatic nitrogens is 2. The van der Waals surface area contributed by atoms with Gasteiger partial charge in [-0.1, -0.05) is 13.8 Å². The Kier molecular flexibility index (Phi) is 18.0. The van der Waals surface area contributed by atoms with E-state index in [4.69, 9.17) is 28.7 Å². The molecule has 53 heavy (non-hydrogen) atoms. The van der Waals surface area contributed by atoms with Gasteiger partial charge in [0.05, 0.1) is 25.2 Å². The summed E-state index contributed by atoms with van der Waals surface area (Å²) in [6.07, 6.45) is 0.655. The van der Waals surface area contributed by atoms with Gasteiger partial charge in [-0.05, 0) is 26.2 Å². The first-order chi connectivity index (χ1) is 24.6. The fourth-order valence-corrected chi connectivity index (χ4v) is 4.49. The van der Waals surface area contributed by atoms with E-state index in [-0.39, 0.29) is 19.3 Å². The number of nitrogens with two attached hydrogens (primary N) is 5. The number of carbonyl (C=O) groups excluding carboxylic acids is 10. The minimum atomic E-state index is -1.64. The number of rotatable bonds is 23. The van der Waals surface area contributed by atoms with Crippen LogP contribution in [0.5, 0.6) is 0 Å². The van der Waals surface area contributed by atoms with Crippen molar-refractivity contribution in [3.8, 4) is 0 Å². The Balaban J connectivity index is 3.11. The molecule has 1 heterocycles. The van der Waals surface area contributed by atoms with Gasteiger partial charge in [0.25, 0.3) is 0 Å². The molecule has 0 aromatic carbocycles. The lowest BCUT2D eigenvalue weighted by molar-refractivity contribution is -0.136. The predicted molar refractivity (Wildman–Crippen MR) is 183 cm³/mol. The summed E-state index contributed by atoms with van der Waals surface area (Å²) in [4.78, 5) is 131. The summed E-state index contributed by atoms with van der Waals surface area (Å²) in [6.45, 7) is 5.67. The minimum absolute atomic E-state index is 0.150. The lowest BCUT2D eigenvalue weighted by atomic mass is 10.0.